The number of nitro benzene ring substituents is 1. The monoisotopic (exact) mass is 296 g/mol. The number of methoxy groups -OCH3 is 1. The van der Waals surface area contributed by atoms with E-state index in [0.29, 0.717) is 0 Å². The van der Waals surface area contributed by atoms with Crippen molar-refractivity contribution < 1.29 is 23.6 Å². The van der Waals surface area contributed by atoms with Crippen LogP contribution in [0, 0.1) is 15.9 Å². The van der Waals surface area contributed by atoms with E-state index in [1.807, 2.05) is 0 Å². The molecule has 0 bridgehead atoms. The number of amides is 1. The molecule has 0 fully saturated rings. The van der Waals surface area contributed by atoms with Crippen LogP contribution in [0.2, 0.25) is 0 Å². The molecule has 1 amide bonds. The molecule has 1 aromatic rings. The summed E-state index contributed by atoms with van der Waals surface area (Å²) in [5.74, 6) is -2.05. The number of benzene rings is 1. The van der Waals surface area contributed by atoms with Gasteiger partial charge in [-0.3, -0.25) is 14.9 Å². The fraction of sp³-hybridized carbons (Fsp3) is 0.231. The molecule has 0 saturated heterocycles. The predicted octanol–water partition coefficient (Wildman–Crippen LogP) is 1.67. The van der Waals surface area contributed by atoms with Gasteiger partial charge in [-0.25, -0.2) is 9.18 Å². The second-order valence-corrected chi connectivity index (χ2v) is 3.98. The van der Waals surface area contributed by atoms with Gasteiger partial charge < -0.3 is 10.1 Å². The fourth-order valence-corrected chi connectivity index (χ4v) is 1.52. The molecular weight excluding hydrogens is 283 g/mol. The highest BCUT2D eigenvalue weighted by Gasteiger charge is 2.23. The molecule has 0 saturated carbocycles. The van der Waals surface area contributed by atoms with E-state index in [9.17, 15) is 24.1 Å². The Balaban J connectivity index is 3.12. The summed E-state index contributed by atoms with van der Waals surface area (Å²) in [4.78, 5) is 32.2. The average Bonchev–Trinajstić information content (AvgIpc) is 2.43. The van der Waals surface area contributed by atoms with E-state index in [1.165, 1.54) is 19.1 Å². The number of carbonyl (C=O) groups is 2. The summed E-state index contributed by atoms with van der Waals surface area (Å²) < 4.78 is 18.2. The smallest absolute Gasteiger partial charge is 0.344 e. The van der Waals surface area contributed by atoms with Gasteiger partial charge in [-0.05, 0) is 6.07 Å². The van der Waals surface area contributed by atoms with Crippen LogP contribution >= 0.6 is 0 Å². The standard InChI is InChI=1S/C13H13FN2O5/c1-8(17)15-5-3-4-9-6-12(16(19)20)10(7-11(9)14)13(18)21-2/h3-4,6-7H,5H2,1-2H3,(H,15,17). The fourth-order valence-electron chi connectivity index (χ4n) is 1.52. The Morgan fingerprint density at radius 1 is 1.48 bits per heavy atom. The van der Waals surface area contributed by atoms with Crippen LogP contribution in [0.25, 0.3) is 6.08 Å². The molecular formula is C13H13FN2O5. The van der Waals surface area contributed by atoms with Crippen molar-refractivity contribution in [3.63, 3.8) is 0 Å². The first kappa shape index (κ1) is 16.3. The Morgan fingerprint density at radius 3 is 2.67 bits per heavy atom. The molecule has 0 aliphatic heterocycles. The molecule has 0 heterocycles. The van der Waals surface area contributed by atoms with Crippen LogP contribution < -0.4 is 5.32 Å². The summed E-state index contributed by atoms with van der Waals surface area (Å²) in [5.41, 5.74) is -1.08. The highest BCUT2D eigenvalue weighted by molar-refractivity contribution is 5.94. The van der Waals surface area contributed by atoms with Crippen molar-refractivity contribution in [1.82, 2.24) is 5.32 Å². The first-order valence-electron chi connectivity index (χ1n) is 5.84. The van der Waals surface area contributed by atoms with Crippen molar-refractivity contribution in [2.75, 3.05) is 13.7 Å². The molecule has 0 aliphatic carbocycles. The number of carbonyl (C=O) groups excluding carboxylic acids is 2. The van der Waals surface area contributed by atoms with Crippen LogP contribution in [0.5, 0.6) is 0 Å². The third kappa shape index (κ3) is 4.37. The molecule has 0 radical (unpaired) electrons. The Kier molecular flexibility index (Phi) is 5.53. The van der Waals surface area contributed by atoms with Crippen molar-refractivity contribution in [2.45, 2.75) is 6.92 Å². The van der Waals surface area contributed by atoms with E-state index in [-0.39, 0.29) is 18.0 Å². The minimum Gasteiger partial charge on any atom is -0.465 e. The van der Waals surface area contributed by atoms with E-state index in [2.05, 4.69) is 10.1 Å². The highest BCUT2D eigenvalue weighted by Crippen LogP contribution is 2.24. The summed E-state index contributed by atoms with van der Waals surface area (Å²) in [6.07, 6.45) is 2.71. The van der Waals surface area contributed by atoms with Crippen LogP contribution in [0.1, 0.15) is 22.8 Å². The van der Waals surface area contributed by atoms with E-state index < -0.39 is 28.0 Å². The Morgan fingerprint density at radius 2 is 2.14 bits per heavy atom. The molecule has 8 heteroatoms. The normalized spacial score (nSPS) is 10.4. The lowest BCUT2D eigenvalue weighted by atomic mass is 10.1. The maximum atomic E-state index is 13.8. The lowest BCUT2D eigenvalue weighted by Gasteiger charge is -2.04. The van der Waals surface area contributed by atoms with Crippen molar-refractivity contribution in [3.8, 4) is 0 Å². The van der Waals surface area contributed by atoms with Gasteiger partial charge in [0.25, 0.3) is 5.69 Å². The predicted molar refractivity (Wildman–Crippen MR) is 72.1 cm³/mol. The lowest BCUT2D eigenvalue weighted by molar-refractivity contribution is -0.385. The first-order valence-corrected chi connectivity index (χ1v) is 5.84. The largest absolute Gasteiger partial charge is 0.465 e. The van der Waals surface area contributed by atoms with Crippen LogP contribution in [-0.2, 0) is 9.53 Å². The summed E-state index contributed by atoms with van der Waals surface area (Å²) >= 11 is 0. The Labute approximate surface area is 119 Å². The van der Waals surface area contributed by atoms with E-state index >= 15 is 0 Å². The third-order valence-electron chi connectivity index (χ3n) is 2.48. The molecule has 7 nitrogen and oxygen atoms in total. The minimum atomic E-state index is -0.991. The Bertz CT molecular complexity index is 613. The van der Waals surface area contributed by atoms with E-state index in [4.69, 9.17) is 0 Å². The quantitative estimate of drug-likeness (QED) is 0.506. The van der Waals surface area contributed by atoms with Gasteiger partial charge in [0.05, 0.1) is 12.0 Å². The number of rotatable bonds is 5. The molecule has 0 aromatic heterocycles. The molecule has 0 atom stereocenters. The number of nitrogens with one attached hydrogen (secondary N) is 1. The molecule has 112 valence electrons. The topological polar surface area (TPSA) is 98.5 Å². The second kappa shape index (κ2) is 7.13. The van der Waals surface area contributed by atoms with Gasteiger partial charge in [0.2, 0.25) is 5.91 Å². The maximum Gasteiger partial charge on any atom is 0.344 e. The maximum absolute atomic E-state index is 13.8. The van der Waals surface area contributed by atoms with Gasteiger partial charge in [0, 0.05) is 25.1 Å². The second-order valence-electron chi connectivity index (χ2n) is 3.98. The molecule has 1 rings (SSSR count). The molecule has 21 heavy (non-hydrogen) atoms. The number of esters is 1. The summed E-state index contributed by atoms with van der Waals surface area (Å²) in [7, 11) is 1.05. The van der Waals surface area contributed by atoms with Crippen molar-refractivity contribution in [3.05, 3.63) is 45.3 Å². The van der Waals surface area contributed by atoms with Crippen LogP contribution in [-0.4, -0.2) is 30.5 Å². The van der Waals surface area contributed by atoms with Crippen LogP contribution in [0.15, 0.2) is 18.2 Å². The van der Waals surface area contributed by atoms with Gasteiger partial charge >= 0.3 is 5.97 Å². The summed E-state index contributed by atoms with van der Waals surface area (Å²) in [5, 5.41) is 13.4. The van der Waals surface area contributed by atoms with Crippen molar-refractivity contribution in [1.29, 1.82) is 0 Å². The molecule has 0 spiro atoms. The molecule has 1 aromatic carbocycles. The minimum absolute atomic E-state index is 0.0697. The number of ether oxygens (including phenoxy) is 1. The van der Waals surface area contributed by atoms with Gasteiger partial charge in [-0.1, -0.05) is 12.2 Å². The molecule has 1 N–H and O–H groups in total. The van der Waals surface area contributed by atoms with E-state index in [0.717, 1.165) is 19.2 Å². The van der Waals surface area contributed by atoms with E-state index in [1.54, 1.807) is 0 Å². The highest BCUT2D eigenvalue weighted by atomic mass is 19.1. The third-order valence-corrected chi connectivity index (χ3v) is 2.48. The zero-order valence-electron chi connectivity index (χ0n) is 11.4. The van der Waals surface area contributed by atoms with Crippen molar-refractivity contribution >= 4 is 23.6 Å². The molecule has 0 unspecified atom stereocenters. The van der Waals surface area contributed by atoms with Crippen molar-refractivity contribution in [2.24, 2.45) is 0 Å². The number of hydrogen-bond donors (Lipinski definition) is 1. The van der Waals surface area contributed by atoms with Gasteiger partial charge in [0.15, 0.2) is 0 Å². The summed E-state index contributed by atoms with van der Waals surface area (Å²) in [6.45, 7) is 1.48. The van der Waals surface area contributed by atoms with Crippen LogP contribution in [0.3, 0.4) is 0 Å². The molecule has 0 aliphatic rings. The van der Waals surface area contributed by atoms with Gasteiger partial charge in [-0.15, -0.1) is 0 Å². The summed E-state index contributed by atoms with van der Waals surface area (Å²) in [6, 6.07) is 1.69. The average molecular weight is 296 g/mol. The zero-order valence-corrected chi connectivity index (χ0v) is 11.4. The Hall–Kier alpha value is -2.77. The number of nitrogens with zero attached hydrogens (tertiary/aromatic N) is 1. The van der Waals surface area contributed by atoms with Gasteiger partial charge in [-0.2, -0.15) is 0 Å². The van der Waals surface area contributed by atoms with Crippen LogP contribution in [0.4, 0.5) is 10.1 Å². The lowest BCUT2D eigenvalue weighted by Crippen LogP contribution is -2.19. The number of hydrogen-bond acceptors (Lipinski definition) is 5. The number of halogens is 1. The van der Waals surface area contributed by atoms with Gasteiger partial charge in [0.1, 0.15) is 11.4 Å². The zero-order chi connectivity index (χ0) is 16.0. The first-order chi connectivity index (χ1) is 9.86. The number of nitro groups is 1. The SMILES string of the molecule is COC(=O)c1cc(F)c(C=CCNC(C)=O)cc1[N+](=O)[O-].